The fraction of sp³-hybridized carbons (Fsp3) is 0.636. The van der Waals surface area contributed by atoms with Crippen LogP contribution in [0.5, 0.6) is 0 Å². The highest BCUT2D eigenvalue weighted by Crippen LogP contribution is 2.38. The van der Waals surface area contributed by atoms with Gasteiger partial charge in [-0.15, -0.1) is 0 Å². The van der Waals surface area contributed by atoms with E-state index < -0.39 is 18.0 Å². The van der Waals surface area contributed by atoms with Crippen molar-refractivity contribution in [3.63, 3.8) is 0 Å². The third-order valence-electron chi connectivity index (χ3n) is 2.97. The number of carbonyl (C=O) groups is 2. The van der Waals surface area contributed by atoms with Crippen molar-refractivity contribution in [2.45, 2.75) is 38.4 Å². The summed E-state index contributed by atoms with van der Waals surface area (Å²) >= 11 is 0. The van der Waals surface area contributed by atoms with Crippen molar-refractivity contribution in [2.24, 2.45) is 5.92 Å². The zero-order valence-electron chi connectivity index (χ0n) is 8.69. The lowest BCUT2D eigenvalue weighted by atomic mass is 10.0. The Kier molecular flexibility index (Phi) is 2.50. The molecule has 1 saturated carbocycles. The Balaban J connectivity index is 2.05. The lowest BCUT2D eigenvalue weighted by Gasteiger charge is -2.13. The monoisotopic (exact) mass is 210 g/mol. The van der Waals surface area contributed by atoms with Gasteiger partial charge >= 0.3 is 11.9 Å². The van der Waals surface area contributed by atoms with E-state index in [2.05, 4.69) is 6.58 Å². The summed E-state index contributed by atoms with van der Waals surface area (Å²) in [7, 11) is 0. The van der Waals surface area contributed by atoms with Crippen LogP contribution in [-0.4, -0.2) is 24.1 Å². The molecular formula is C11H14O4. The maximum atomic E-state index is 11.4. The van der Waals surface area contributed by atoms with Crippen LogP contribution in [0.25, 0.3) is 0 Å². The summed E-state index contributed by atoms with van der Waals surface area (Å²) in [6, 6.07) is 0. The first-order valence-electron chi connectivity index (χ1n) is 5.16. The summed E-state index contributed by atoms with van der Waals surface area (Å²) in [5.41, 5.74) is 0.309. The molecule has 0 aromatic carbocycles. The quantitative estimate of drug-likeness (QED) is 0.507. The predicted octanol–water partition coefficient (Wildman–Crippen LogP) is 1.20. The van der Waals surface area contributed by atoms with Crippen LogP contribution >= 0.6 is 0 Å². The van der Waals surface area contributed by atoms with Gasteiger partial charge in [0.25, 0.3) is 0 Å². The van der Waals surface area contributed by atoms with Crippen LogP contribution in [0.2, 0.25) is 0 Å². The largest absolute Gasteiger partial charge is 0.459 e. The second-order valence-electron chi connectivity index (χ2n) is 4.18. The minimum absolute atomic E-state index is 0.0413. The Hall–Kier alpha value is -1.32. The normalized spacial score (nSPS) is 33.4. The molecule has 0 N–H and O–H groups in total. The molecule has 1 aliphatic heterocycles. The first-order chi connectivity index (χ1) is 7.09. The molecule has 2 fully saturated rings. The zero-order chi connectivity index (χ0) is 11.0. The number of fused-ring (bicyclic) bond motifs is 1. The van der Waals surface area contributed by atoms with Gasteiger partial charge in [0.2, 0.25) is 6.10 Å². The van der Waals surface area contributed by atoms with E-state index in [1.54, 1.807) is 6.92 Å². The van der Waals surface area contributed by atoms with Gasteiger partial charge in [-0.2, -0.15) is 0 Å². The number of carbonyl (C=O) groups excluding carboxylic acids is 2. The van der Waals surface area contributed by atoms with Crippen LogP contribution in [0.3, 0.4) is 0 Å². The molecule has 0 amide bonds. The van der Waals surface area contributed by atoms with Gasteiger partial charge in [-0.3, -0.25) is 0 Å². The average Bonchev–Trinajstić information content (AvgIpc) is 2.69. The molecule has 4 heteroatoms. The van der Waals surface area contributed by atoms with Crippen LogP contribution < -0.4 is 0 Å². The molecule has 1 saturated heterocycles. The van der Waals surface area contributed by atoms with Crippen molar-refractivity contribution in [3.05, 3.63) is 12.2 Å². The summed E-state index contributed by atoms with van der Waals surface area (Å²) in [6.07, 6.45) is 2.06. The van der Waals surface area contributed by atoms with E-state index in [9.17, 15) is 9.59 Å². The maximum Gasteiger partial charge on any atom is 0.348 e. The molecule has 82 valence electrons. The van der Waals surface area contributed by atoms with Crippen molar-refractivity contribution in [3.8, 4) is 0 Å². The van der Waals surface area contributed by atoms with Gasteiger partial charge in [0.15, 0.2) is 0 Å². The van der Waals surface area contributed by atoms with E-state index in [4.69, 9.17) is 9.47 Å². The highest BCUT2D eigenvalue weighted by atomic mass is 16.6. The number of hydrogen-bond donors (Lipinski definition) is 0. The molecule has 0 bridgehead atoms. The smallest absolute Gasteiger partial charge is 0.348 e. The lowest BCUT2D eigenvalue weighted by molar-refractivity contribution is -0.159. The third kappa shape index (κ3) is 1.76. The molecule has 1 heterocycles. The first-order valence-corrected chi connectivity index (χ1v) is 5.16. The minimum atomic E-state index is -0.707. The van der Waals surface area contributed by atoms with E-state index in [1.807, 2.05) is 0 Å². The van der Waals surface area contributed by atoms with E-state index in [0.717, 1.165) is 19.3 Å². The van der Waals surface area contributed by atoms with Gasteiger partial charge in [0, 0.05) is 11.5 Å². The van der Waals surface area contributed by atoms with E-state index in [1.165, 1.54) is 0 Å². The zero-order valence-corrected chi connectivity index (χ0v) is 8.69. The summed E-state index contributed by atoms with van der Waals surface area (Å²) in [4.78, 5) is 22.7. The molecule has 2 aliphatic rings. The minimum Gasteiger partial charge on any atom is -0.459 e. The standard InChI is InChI=1S/C11H14O4/c1-6(2)10(12)15-9-7-4-3-5-8(7)14-11(9)13/h7-9H,1,3-5H2,2H3/t7?,8-,9+/m1/s1. The Morgan fingerprint density at radius 1 is 1.53 bits per heavy atom. The van der Waals surface area contributed by atoms with Crippen LogP contribution in [-0.2, 0) is 19.1 Å². The second kappa shape index (κ2) is 3.68. The molecule has 1 aliphatic carbocycles. The molecule has 0 aromatic heterocycles. The molecule has 0 radical (unpaired) electrons. The first kappa shape index (κ1) is 10.2. The SMILES string of the molecule is C=C(C)C(=O)O[C@@H]1C(=O)O[C@@H]2CCCC12. The molecule has 2 rings (SSSR count). The topological polar surface area (TPSA) is 52.6 Å². The van der Waals surface area contributed by atoms with E-state index in [-0.39, 0.29) is 12.0 Å². The van der Waals surface area contributed by atoms with Gasteiger partial charge in [0.05, 0.1) is 0 Å². The van der Waals surface area contributed by atoms with Crippen LogP contribution in [0, 0.1) is 5.92 Å². The Bertz CT molecular complexity index is 321. The number of hydrogen-bond acceptors (Lipinski definition) is 4. The Morgan fingerprint density at radius 3 is 2.93 bits per heavy atom. The number of rotatable bonds is 2. The van der Waals surface area contributed by atoms with Gasteiger partial charge in [-0.25, -0.2) is 9.59 Å². The van der Waals surface area contributed by atoms with Crippen molar-refractivity contribution < 1.29 is 19.1 Å². The highest BCUT2D eigenvalue weighted by Gasteiger charge is 2.49. The summed E-state index contributed by atoms with van der Waals surface area (Å²) in [5.74, 6) is -0.857. The Labute approximate surface area is 88.2 Å². The van der Waals surface area contributed by atoms with Crippen molar-refractivity contribution >= 4 is 11.9 Å². The van der Waals surface area contributed by atoms with Crippen LogP contribution in [0.4, 0.5) is 0 Å². The van der Waals surface area contributed by atoms with Crippen molar-refractivity contribution in [2.75, 3.05) is 0 Å². The lowest BCUT2D eigenvalue weighted by Crippen LogP contribution is -2.29. The number of esters is 2. The Morgan fingerprint density at radius 2 is 2.27 bits per heavy atom. The molecule has 0 aromatic rings. The fourth-order valence-electron chi connectivity index (χ4n) is 2.19. The van der Waals surface area contributed by atoms with Gasteiger partial charge in [0.1, 0.15) is 6.10 Å². The molecule has 4 nitrogen and oxygen atoms in total. The predicted molar refractivity (Wildman–Crippen MR) is 51.9 cm³/mol. The number of ether oxygens (including phenoxy) is 2. The van der Waals surface area contributed by atoms with Crippen LogP contribution in [0.1, 0.15) is 26.2 Å². The molecule has 15 heavy (non-hydrogen) atoms. The molecule has 3 atom stereocenters. The molecular weight excluding hydrogens is 196 g/mol. The molecule has 1 unspecified atom stereocenters. The molecule has 0 spiro atoms. The summed E-state index contributed by atoms with van der Waals surface area (Å²) in [6.45, 7) is 5.05. The second-order valence-corrected chi connectivity index (χ2v) is 4.18. The maximum absolute atomic E-state index is 11.4. The highest BCUT2D eigenvalue weighted by molar-refractivity contribution is 5.90. The van der Waals surface area contributed by atoms with E-state index >= 15 is 0 Å². The average molecular weight is 210 g/mol. The summed E-state index contributed by atoms with van der Waals surface area (Å²) in [5, 5.41) is 0. The summed E-state index contributed by atoms with van der Waals surface area (Å²) < 4.78 is 10.2. The van der Waals surface area contributed by atoms with Gasteiger partial charge < -0.3 is 9.47 Å². The van der Waals surface area contributed by atoms with E-state index in [0.29, 0.717) is 5.57 Å². The third-order valence-corrected chi connectivity index (χ3v) is 2.97. The van der Waals surface area contributed by atoms with Crippen molar-refractivity contribution in [1.82, 2.24) is 0 Å². The van der Waals surface area contributed by atoms with Gasteiger partial charge in [-0.1, -0.05) is 6.58 Å². The fourth-order valence-corrected chi connectivity index (χ4v) is 2.19. The van der Waals surface area contributed by atoms with Gasteiger partial charge in [-0.05, 0) is 26.2 Å². The van der Waals surface area contributed by atoms with Crippen LogP contribution in [0.15, 0.2) is 12.2 Å². The van der Waals surface area contributed by atoms with Crippen molar-refractivity contribution in [1.29, 1.82) is 0 Å².